The molecule has 0 radical (unpaired) electrons. The minimum Gasteiger partial charge on any atom is -0.399 e. The number of nitrogens with one attached hydrogen (secondary N) is 1. The predicted octanol–water partition coefficient (Wildman–Crippen LogP) is 0.774. The number of halogens is 1. The Balaban J connectivity index is 2.58. The van der Waals surface area contributed by atoms with Crippen molar-refractivity contribution in [1.29, 1.82) is 0 Å². The largest absolute Gasteiger partial charge is 0.399 e. The molecule has 0 aliphatic rings. The Bertz CT molecular complexity index is 427. The van der Waals surface area contributed by atoms with Gasteiger partial charge in [-0.25, -0.2) is 13.4 Å². The summed E-state index contributed by atoms with van der Waals surface area (Å²) in [4.78, 5) is 3.93. The maximum absolute atomic E-state index is 10.8. The number of nitrogens with two attached hydrogens (primary N) is 1. The lowest BCUT2D eigenvalue weighted by Crippen LogP contribution is -2.14. The molecule has 7 heteroatoms. The summed E-state index contributed by atoms with van der Waals surface area (Å²) < 4.78 is 21.7. The van der Waals surface area contributed by atoms with Crippen molar-refractivity contribution in [3.05, 3.63) is 17.3 Å². The maximum Gasteiger partial charge on any atom is 0.149 e. The van der Waals surface area contributed by atoms with Crippen LogP contribution in [-0.4, -0.2) is 32.0 Å². The van der Waals surface area contributed by atoms with Gasteiger partial charge in [0.1, 0.15) is 20.8 Å². The van der Waals surface area contributed by atoms with Gasteiger partial charge in [-0.05, 0) is 6.07 Å². The third-order valence-corrected chi connectivity index (χ3v) is 2.73. The summed E-state index contributed by atoms with van der Waals surface area (Å²) in [6.45, 7) is 0.283. The molecule has 0 saturated carbocycles. The van der Waals surface area contributed by atoms with Crippen LogP contribution in [-0.2, 0) is 9.84 Å². The highest BCUT2D eigenvalue weighted by atomic mass is 35.5. The van der Waals surface area contributed by atoms with Crippen molar-refractivity contribution in [3.8, 4) is 0 Å². The van der Waals surface area contributed by atoms with Crippen molar-refractivity contribution in [2.75, 3.05) is 29.6 Å². The summed E-state index contributed by atoms with van der Waals surface area (Å²) in [6.07, 6.45) is 1.18. The molecule has 15 heavy (non-hydrogen) atoms. The predicted molar refractivity (Wildman–Crippen MR) is 61.9 cm³/mol. The first-order valence-electron chi connectivity index (χ1n) is 4.21. The van der Waals surface area contributed by atoms with E-state index in [2.05, 4.69) is 10.3 Å². The van der Waals surface area contributed by atoms with E-state index >= 15 is 0 Å². The fourth-order valence-electron chi connectivity index (χ4n) is 0.972. The van der Waals surface area contributed by atoms with E-state index in [1.54, 1.807) is 6.07 Å². The molecule has 0 spiro atoms. The van der Waals surface area contributed by atoms with Crippen LogP contribution in [0.3, 0.4) is 0 Å². The Morgan fingerprint density at radius 2 is 2.20 bits per heavy atom. The van der Waals surface area contributed by atoms with Crippen LogP contribution >= 0.6 is 11.6 Å². The zero-order valence-corrected chi connectivity index (χ0v) is 9.77. The number of hydrogen-bond acceptors (Lipinski definition) is 5. The first kappa shape index (κ1) is 12.1. The number of rotatable bonds is 4. The van der Waals surface area contributed by atoms with Crippen LogP contribution < -0.4 is 11.1 Å². The Kier molecular flexibility index (Phi) is 3.76. The normalized spacial score (nSPS) is 11.3. The Morgan fingerprint density at radius 3 is 2.73 bits per heavy atom. The molecule has 0 fully saturated rings. The SMILES string of the molecule is CS(=O)(=O)CCNc1cc(N)cc(Cl)n1. The van der Waals surface area contributed by atoms with Gasteiger partial charge in [-0.2, -0.15) is 0 Å². The monoisotopic (exact) mass is 249 g/mol. The highest BCUT2D eigenvalue weighted by Gasteiger charge is 2.02. The zero-order chi connectivity index (χ0) is 11.5. The Hall–Kier alpha value is -1.01. The molecule has 84 valence electrons. The topological polar surface area (TPSA) is 85.1 Å². The van der Waals surface area contributed by atoms with Crippen LogP contribution in [0.15, 0.2) is 12.1 Å². The molecule has 0 aliphatic carbocycles. The molecule has 5 nitrogen and oxygen atoms in total. The molecule has 0 amide bonds. The molecule has 1 rings (SSSR count). The van der Waals surface area contributed by atoms with Crippen molar-refractivity contribution in [1.82, 2.24) is 4.98 Å². The molecule has 3 N–H and O–H groups in total. The van der Waals surface area contributed by atoms with Crippen LogP contribution in [0.4, 0.5) is 11.5 Å². The fourth-order valence-corrected chi connectivity index (χ4v) is 1.66. The minimum absolute atomic E-state index is 0.0428. The van der Waals surface area contributed by atoms with E-state index in [0.717, 1.165) is 0 Å². The summed E-state index contributed by atoms with van der Waals surface area (Å²) in [5, 5.41) is 3.10. The lowest BCUT2D eigenvalue weighted by atomic mass is 10.4. The average Bonchev–Trinajstić information content (AvgIpc) is 1.99. The van der Waals surface area contributed by atoms with Gasteiger partial charge in [0.15, 0.2) is 0 Å². The van der Waals surface area contributed by atoms with Gasteiger partial charge in [-0.3, -0.25) is 0 Å². The van der Waals surface area contributed by atoms with Gasteiger partial charge in [-0.1, -0.05) is 11.6 Å². The van der Waals surface area contributed by atoms with E-state index < -0.39 is 9.84 Å². The van der Waals surface area contributed by atoms with Crippen LogP contribution in [0.2, 0.25) is 5.15 Å². The maximum atomic E-state index is 10.8. The first-order valence-corrected chi connectivity index (χ1v) is 6.65. The van der Waals surface area contributed by atoms with Gasteiger partial charge in [-0.15, -0.1) is 0 Å². The van der Waals surface area contributed by atoms with Crippen molar-refractivity contribution < 1.29 is 8.42 Å². The molecular weight excluding hydrogens is 238 g/mol. The molecule has 0 saturated heterocycles. The van der Waals surface area contributed by atoms with Crippen LogP contribution in [0.1, 0.15) is 0 Å². The van der Waals surface area contributed by atoms with Crippen LogP contribution in [0.25, 0.3) is 0 Å². The highest BCUT2D eigenvalue weighted by Crippen LogP contribution is 2.15. The molecule has 0 aliphatic heterocycles. The van der Waals surface area contributed by atoms with Crippen molar-refractivity contribution >= 4 is 32.9 Å². The van der Waals surface area contributed by atoms with Crippen molar-refractivity contribution in [2.45, 2.75) is 0 Å². The van der Waals surface area contributed by atoms with Gasteiger partial charge in [0.2, 0.25) is 0 Å². The molecule has 1 aromatic rings. The Labute approximate surface area is 93.6 Å². The van der Waals surface area contributed by atoms with Gasteiger partial charge in [0.25, 0.3) is 0 Å². The van der Waals surface area contributed by atoms with E-state index in [1.165, 1.54) is 12.3 Å². The van der Waals surface area contributed by atoms with Gasteiger partial charge in [0, 0.05) is 24.6 Å². The number of sulfone groups is 1. The molecule has 0 atom stereocenters. The van der Waals surface area contributed by atoms with E-state index in [0.29, 0.717) is 11.5 Å². The molecule has 0 aromatic carbocycles. The van der Waals surface area contributed by atoms with E-state index in [-0.39, 0.29) is 17.5 Å². The van der Waals surface area contributed by atoms with Gasteiger partial charge < -0.3 is 11.1 Å². The van der Waals surface area contributed by atoms with Gasteiger partial charge in [0.05, 0.1) is 5.75 Å². The third kappa shape index (κ3) is 4.85. The second kappa shape index (κ2) is 4.67. The Morgan fingerprint density at radius 1 is 1.53 bits per heavy atom. The summed E-state index contributed by atoms with van der Waals surface area (Å²) in [5.74, 6) is 0.518. The van der Waals surface area contributed by atoms with Crippen molar-refractivity contribution in [2.24, 2.45) is 0 Å². The van der Waals surface area contributed by atoms with Crippen LogP contribution in [0.5, 0.6) is 0 Å². The molecule has 1 heterocycles. The van der Waals surface area contributed by atoms with E-state index in [4.69, 9.17) is 17.3 Å². The number of anilines is 2. The van der Waals surface area contributed by atoms with E-state index in [9.17, 15) is 8.42 Å². The number of aromatic nitrogens is 1. The first-order chi connectivity index (χ1) is 6.87. The molecule has 1 aromatic heterocycles. The smallest absolute Gasteiger partial charge is 0.149 e. The third-order valence-electron chi connectivity index (χ3n) is 1.60. The number of pyridine rings is 1. The number of nitrogens with zero attached hydrogens (tertiary/aromatic N) is 1. The summed E-state index contributed by atoms with van der Waals surface area (Å²) in [7, 11) is -2.97. The standard InChI is InChI=1S/C8H12ClN3O2S/c1-15(13,14)3-2-11-8-5-6(10)4-7(9)12-8/h4-5H,2-3H2,1H3,(H3,10,11,12). The molecule has 0 bridgehead atoms. The van der Waals surface area contributed by atoms with Crippen molar-refractivity contribution in [3.63, 3.8) is 0 Å². The molecular formula is C8H12ClN3O2S. The molecule has 0 unspecified atom stereocenters. The number of hydrogen-bond donors (Lipinski definition) is 2. The second-order valence-electron chi connectivity index (χ2n) is 3.17. The zero-order valence-electron chi connectivity index (χ0n) is 8.20. The lowest BCUT2D eigenvalue weighted by Gasteiger charge is -2.05. The summed E-state index contributed by atoms with van der Waals surface area (Å²) in [6, 6.07) is 3.11. The summed E-state index contributed by atoms with van der Waals surface area (Å²) in [5.41, 5.74) is 6.02. The van der Waals surface area contributed by atoms with Crippen LogP contribution in [0, 0.1) is 0 Å². The second-order valence-corrected chi connectivity index (χ2v) is 5.81. The lowest BCUT2D eigenvalue weighted by molar-refractivity contribution is 0.602. The quantitative estimate of drug-likeness (QED) is 0.770. The number of nitrogen functional groups attached to an aromatic ring is 1. The average molecular weight is 250 g/mol. The minimum atomic E-state index is -2.97. The fraction of sp³-hybridized carbons (Fsp3) is 0.375. The van der Waals surface area contributed by atoms with E-state index in [1.807, 2.05) is 0 Å². The van der Waals surface area contributed by atoms with Gasteiger partial charge >= 0.3 is 0 Å². The highest BCUT2D eigenvalue weighted by molar-refractivity contribution is 7.90. The summed E-state index contributed by atoms with van der Waals surface area (Å²) >= 11 is 5.67.